The van der Waals surface area contributed by atoms with Gasteiger partial charge in [-0.3, -0.25) is 4.90 Å². The lowest BCUT2D eigenvalue weighted by molar-refractivity contribution is -0.169. The Kier molecular flexibility index (Phi) is 6.83. The fourth-order valence-electron chi connectivity index (χ4n) is 4.87. The molecular formula is C23H44N2O3. The molecule has 3 aliphatic rings. The third-order valence-corrected chi connectivity index (χ3v) is 6.65. The molecule has 0 atom stereocenters. The maximum atomic E-state index is 11.1. The molecule has 3 rings (SSSR count). The van der Waals surface area contributed by atoms with Crippen molar-refractivity contribution < 1.29 is 14.6 Å². The highest BCUT2D eigenvalue weighted by molar-refractivity contribution is 4.93. The molecule has 3 fully saturated rings. The minimum Gasteiger partial charge on any atom is -0.388 e. The molecule has 0 unspecified atom stereocenters. The summed E-state index contributed by atoms with van der Waals surface area (Å²) in [7, 11) is 0. The van der Waals surface area contributed by atoms with E-state index in [1.54, 1.807) is 0 Å². The monoisotopic (exact) mass is 396 g/mol. The summed E-state index contributed by atoms with van der Waals surface area (Å²) in [6.07, 6.45) is 7.18. The van der Waals surface area contributed by atoms with E-state index < -0.39 is 5.60 Å². The van der Waals surface area contributed by atoms with Crippen molar-refractivity contribution in [3.05, 3.63) is 0 Å². The molecule has 164 valence electrons. The van der Waals surface area contributed by atoms with E-state index in [1.165, 1.54) is 0 Å². The van der Waals surface area contributed by atoms with Crippen LogP contribution in [0.5, 0.6) is 0 Å². The zero-order valence-electron chi connectivity index (χ0n) is 19.2. The first-order valence-corrected chi connectivity index (χ1v) is 11.4. The van der Waals surface area contributed by atoms with Crippen LogP contribution in [0.3, 0.4) is 0 Å². The van der Waals surface area contributed by atoms with Gasteiger partial charge in [-0.1, -0.05) is 0 Å². The highest BCUT2D eigenvalue weighted by atomic mass is 16.5. The van der Waals surface area contributed by atoms with Crippen molar-refractivity contribution in [1.82, 2.24) is 9.80 Å². The van der Waals surface area contributed by atoms with Gasteiger partial charge in [0.25, 0.3) is 0 Å². The largest absolute Gasteiger partial charge is 0.388 e. The number of likely N-dealkylation sites (tertiary alicyclic amines) is 2. The number of aliphatic hydroxyl groups is 1. The smallest absolute Gasteiger partial charge is 0.0798 e. The average Bonchev–Trinajstić information content (AvgIpc) is 2.52. The number of rotatable bonds is 5. The van der Waals surface area contributed by atoms with Crippen molar-refractivity contribution in [2.24, 2.45) is 0 Å². The summed E-state index contributed by atoms with van der Waals surface area (Å²) >= 11 is 0. The zero-order valence-corrected chi connectivity index (χ0v) is 19.2. The number of hydrogen-bond donors (Lipinski definition) is 1. The number of hydrogen-bond acceptors (Lipinski definition) is 5. The van der Waals surface area contributed by atoms with E-state index in [1.807, 2.05) is 0 Å². The van der Waals surface area contributed by atoms with Gasteiger partial charge >= 0.3 is 0 Å². The van der Waals surface area contributed by atoms with E-state index >= 15 is 0 Å². The number of piperidine rings is 2. The van der Waals surface area contributed by atoms with E-state index in [0.29, 0.717) is 18.3 Å². The Morgan fingerprint density at radius 3 is 1.93 bits per heavy atom. The average molecular weight is 397 g/mol. The van der Waals surface area contributed by atoms with Gasteiger partial charge in [0, 0.05) is 38.3 Å². The maximum absolute atomic E-state index is 11.1. The summed E-state index contributed by atoms with van der Waals surface area (Å²) in [4.78, 5) is 4.95. The van der Waals surface area contributed by atoms with Gasteiger partial charge in [-0.2, -0.15) is 0 Å². The standard InChI is InChI=1S/C23H44N2O3/c1-21(2,3)25-13-9-23(26,10-14-25)17-24-11-7-18(8-12-24)27-19-15-20(16-19)28-22(4,5)6/h18-20,26H,7-17H2,1-6H3. The topological polar surface area (TPSA) is 45.2 Å². The van der Waals surface area contributed by atoms with Crippen molar-refractivity contribution in [3.63, 3.8) is 0 Å². The molecule has 28 heavy (non-hydrogen) atoms. The van der Waals surface area contributed by atoms with Crippen LogP contribution in [0.4, 0.5) is 0 Å². The van der Waals surface area contributed by atoms with Gasteiger partial charge in [0.2, 0.25) is 0 Å². The molecular weight excluding hydrogens is 352 g/mol. The SMILES string of the molecule is CC(C)(C)OC1CC(OC2CCN(CC3(O)CCN(C(C)(C)C)CC3)CC2)C1. The molecule has 0 aromatic rings. The van der Waals surface area contributed by atoms with Crippen LogP contribution in [-0.4, -0.2) is 82.7 Å². The maximum Gasteiger partial charge on any atom is 0.0798 e. The third-order valence-electron chi connectivity index (χ3n) is 6.65. The number of nitrogens with zero attached hydrogens (tertiary/aromatic N) is 2. The molecule has 0 aromatic carbocycles. The second kappa shape index (κ2) is 8.50. The molecule has 5 nitrogen and oxygen atoms in total. The van der Waals surface area contributed by atoms with Gasteiger partial charge in [0.05, 0.1) is 29.5 Å². The number of ether oxygens (including phenoxy) is 2. The van der Waals surface area contributed by atoms with Crippen LogP contribution in [0.2, 0.25) is 0 Å². The molecule has 1 saturated carbocycles. The zero-order chi connectivity index (χ0) is 20.6. The van der Waals surface area contributed by atoms with E-state index in [4.69, 9.17) is 9.47 Å². The third kappa shape index (κ3) is 6.40. The van der Waals surface area contributed by atoms with Crippen LogP contribution in [0.1, 0.15) is 80.1 Å². The van der Waals surface area contributed by atoms with E-state index in [-0.39, 0.29) is 11.1 Å². The first-order valence-electron chi connectivity index (χ1n) is 11.4. The van der Waals surface area contributed by atoms with Gasteiger partial charge in [-0.25, -0.2) is 0 Å². The molecule has 0 bridgehead atoms. The molecule has 2 aliphatic heterocycles. The van der Waals surface area contributed by atoms with Crippen LogP contribution in [0.15, 0.2) is 0 Å². The van der Waals surface area contributed by atoms with Gasteiger partial charge in [0.15, 0.2) is 0 Å². The molecule has 0 amide bonds. The normalized spacial score (nSPS) is 31.0. The molecule has 0 aromatic heterocycles. The first kappa shape index (κ1) is 22.5. The van der Waals surface area contributed by atoms with Crippen LogP contribution in [0.25, 0.3) is 0 Å². The van der Waals surface area contributed by atoms with Gasteiger partial charge in [-0.15, -0.1) is 0 Å². The van der Waals surface area contributed by atoms with Crippen LogP contribution in [-0.2, 0) is 9.47 Å². The molecule has 5 heteroatoms. The van der Waals surface area contributed by atoms with Crippen molar-refractivity contribution in [2.45, 2.75) is 115 Å². The predicted molar refractivity (Wildman–Crippen MR) is 114 cm³/mol. The summed E-state index contributed by atoms with van der Waals surface area (Å²) in [5.41, 5.74) is -0.360. The molecule has 2 heterocycles. The van der Waals surface area contributed by atoms with Crippen molar-refractivity contribution in [2.75, 3.05) is 32.7 Å². The first-order chi connectivity index (χ1) is 12.9. The Hall–Kier alpha value is -0.200. The predicted octanol–water partition coefficient (Wildman–Crippen LogP) is 3.44. The van der Waals surface area contributed by atoms with Crippen LogP contribution < -0.4 is 0 Å². The molecule has 0 radical (unpaired) electrons. The summed E-state index contributed by atoms with van der Waals surface area (Å²) in [6.45, 7) is 18.1. The Morgan fingerprint density at radius 1 is 0.857 bits per heavy atom. The van der Waals surface area contributed by atoms with Gasteiger partial charge < -0.3 is 19.5 Å². The van der Waals surface area contributed by atoms with Crippen LogP contribution in [0, 0.1) is 0 Å². The minimum absolute atomic E-state index is 0.0513. The fraction of sp³-hybridized carbons (Fsp3) is 1.00. The van der Waals surface area contributed by atoms with Gasteiger partial charge in [0.1, 0.15) is 0 Å². The highest BCUT2D eigenvalue weighted by Gasteiger charge is 2.39. The quantitative estimate of drug-likeness (QED) is 0.771. The van der Waals surface area contributed by atoms with E-state index in [0.717, 1.165) is 71.2 Å². The lowest BCUT2D eigenvalue weighted by Crippen LogP contribution is -2.56. The second-order valence-corrected chi connectivity index (χ2v) is 11.4. The molecule has 1 aliphatic carbocycles. The van der Waals surface area contributed by atoms with Crippen molar-refractivity contribution in [3.8, 4) is 0 Å². The van der Waals surface area contributed by atoms with E-state index in [9.17, 15) is 5.11 Å². The lowest BCUT2D eigenvalue weighted by atomic mass is 9.87. The summed E-state index contributed by atoms with van der Waals surface area (Å²) < 4.78 is 12.3. The van der Waals surface area contributed by atoms with Crippen LogP contribution >= 0.6 is 0 Å². The van der Waals surface area contributed by atoms with Crippen molar-refractivity contribution in [1.29, 1.82) is 0 Å². The Bertz CT molecular complexity index is 489. The molecule has 2 saturated heterocycles. The Morgan fingerprint density at radius 2 is 1.43 bits per heavy atom. The summed E-state index contributed by atoms with van der Waals surface area (Å²) in [5, 5.41) is 11.1. The molecule has 1 N–H and O–H groups in total. The van der Waals surface area contributed by atoms with Gasteiger partial charge in [-0.05, 0) is 80.1 Å². The number of β-amino-alcohol motifs (C(OH)–C–C–N with tert-alkyl or cyclic N) is 1. The summed E-state index contributed by atoms with van der Waals surface area (Å²) in [6, 6.07) is 0. The fourth-order valence-corrected chi connectivity index (χ4v) is 4.87. The summed E-state index contributed by atoms with van der Waals surface area (Å²) in [5.74, 6) is 0. The molecule has 0 spiro atoms. The minimum atomic E-state index is -0.513. The second-order valence-electron chi connectivity index (χ2n) is 11.4. The Labute approximate surface area is 172 Å². The van der Waals surface area contributed by atoms with E-state index in [2.05, 4.69) is 51.3 Å². The Balaban J connectivity index is 1.33. The highest BCUT2D eigenvalue weighted by Crippen LogP contribution is 2.33. The lowest BCUT2D eigenvalue weighted by Gasteiger charge is -2.46. The van der Waals surface area contributed by atoms with Crippen molar-refractivity contribution >= 4 is 0 Å².